The van der Waals surface area contributed by atoms with Gasteiger partial charge in [0.15, 0.2) is 11.5 Å². The number of carbonyl (C=O) groups excluding carboxylic acids is 1. The number of benzene rings is 2. The van der Waals surface area contributed by atoms with E-state index in [4.69, 9.17) is 25.8 Å². The fraction of sp³-hybridized carbons (Fsp3) is 0.278. The van der Waals surface area contributed by atoms with Crippen molar-refractivity contribution in [2.24, 2.45) is 0 Å². The summed E-state index contributed by atoms with van der Waals surface area (Å²) in [4.78, 5) is 14.6. The summed E-state index contributed by atoms with van der Waals surface area (Å²) in [7, 11) is 0. The quantitative estimate of drug-likeness (QED) is 0.820. The van der Waals surface area contributed by atoms with Crippen LogP contribution in [0, 0.1) is 5.82 Å². The first kappa shape index (κ1) is 16.2. The highest BCUT2D eigenvalue weighted by atomic mass is 35.5. The molecule has 0 N–H and O–H groups in total. The Morgan fingerprint density at radius 3 is 2.96 bits per heavy atom. The third-order valence-electron chi connectivity index (χ3n) is 4.29. The molecule has 7 heteroatoms. The summed E-state index contributed by atoms with van der Waals surface area (Å²) in [6.07, 6.45) is -0.403. The Morgan fingerprint density at radius 2 is 2.12 bits per heavy atom. The molecule has 2 heterocycles. The highest BCUT2D eigenvalue weighted by Crippen LogP contribution is 2.37. The number of halogens is 2. The molecule has 2 aliphatic rings. The zero-order valence-electron chi connectivity index (χ0n) is 13.2. The standard InChI is InChI=1S/C18H15ClFNO4/c19-14-8-11(20)4-5-12(14)16-9-21(6-7-23-16)18(22)13-2-1-3-15-17(13)25-10-24-15/h1-5,8,16H,6-7,9-10H2/t16-/m1/s1. The third kappa shape index (κ3) is 3.03. The van der Waals surface area contributed by atoms with Gasteiger partial charge in [-0.1, -0.05) is 23.7 Å². The molecule has 1 saturated heterocycles. The van der Waals surface area contributed by atoms with E-state index in [1.165, 1.54) is 12.1 Å². The first-order valence-corrected chi connectivity index (χ1v) is 8.26. The van der Waals surface area contributed by atoms with Crippen LogP contribution in [0.4, 0.5) is 4.39 Å². The minimum Gasteiger partial charge on any atom is -0.454 e. The zero-order valence-corrected chi connectivity index (χ0v) is 14.0. The van der Waals surface area contributed by atoms with Gasteiger partial charge in [0.25, 0.3) is 5.91 Å². The molecule has 0 saturated carbocycles. The number of carbonyl (C=O) groups is 1. The molecule has 2 aliphatic heterocycles. The van der Waals surface area contributed by atoms with Crippen LogP contribution in [0.25, 0.3) is 0 Å². The molecule has 0 aromatic heterocycles. The van der Waals surface area contributed by atoms with Crippen LogP contribution in [0.15, 0.2) is 36.4 Å². The first-order chi connectivity index (χ1) is 12.1. The maximum absolute atomic E-state index is 13.3. The third-order valence-corrected chi connectivity index (χ3v) is 4.62. The molecule has 1 atom stereocenters. The normalized spacial score (nSPS) is 19.1. The molecule has 0 aliphatic carbocycles. The van der Waals surface area contributed by atoms with E-state index >= 15 is 0 Å². The number of rotatable bonds is 2. The first-order valence-electron chi connectivity index (χ1n) is 7.88. The van der Waals surface area contributed by atoms with Gasteiger partial charge in [0.1, 0.15) is 11.9 Å². The number of fused-ring (bicyclic) bond motifs is 1. The van der Waals surface area contributed by atoms with Crippen molar-refractivity contribution >= 4 is 17.5 Å². The van der Waals surface area contributed by atoms with Crippen molar-refractivity contribution in [2.75, 3.05) is 26.5 Å². The fourth-order valence-electron chi connectivity index (χ4n) is 3.05. The summed E-state index contributed by atoms with van der Waals surface area (Å²) in [5.74, 6) is 0.468. The minimum atomic E-state index is -0.408. The molecule has 0 bridgehead atoms. The molecular weight excluding hydrogens is 349 g/mol. The smallest absolute Gasteiger partial charge is 0.257 e. The molecular formula is C18H15ClFNO4. The Labute approximate surface area is 148 Å². The lowest BCUT2D eigenvalue weighted by Gasteiger charge is -2.33. The summed E-state index contributed by atoms with van der Waals surface area (Å²) >= 11 is 6.12. The maximum atomic E-state index is 13.3. The van der Waals surface area contributed by atoms with E-state index in [0.717, 1.165) is 0 Å². The van der Waals surface area contributed by atoms with Crippen LogP contribution in [0.1, 0.15) is 22.0 Å². The molecule has 0 radical (unpaired) electrons. The van der Waals surface area contributed by atoms with Crippen molar-refractivity contribution in [3.63, 3.8) is 0 Å². The van der Waals surface area contributed by atoms with E-state index in [0.29, 0.717) is 42.3 Å². The van der Waals surface area contributed by atoms with Crippen molar-refractivity contribution in [3.8, 4) is 11.5 Å². The summed E-state index contributed by atoms with van der Waals surface area (Å²) in [6, 6.07) is 9.41. The van der Waals surface area contributed by atoms with Gasteiger partial charge < -0.3 is 19.1 Å². The average Bonchev–Trinajstić information content (AvgIpc) is 3.10. The summed E-state index contributed by atoms with van der Waals surface area (Å²) in [5, 5.41) is 0.289. The lowest BCUT2D eigenvalue weighted by molar-refractivity contribution is -0.0229. The van der Waals surface area contributed by atoms with Gasteiger partial charge in [-0.3, -0.25) is 4.79 Å². The Balaban J connectivity index is 1.57. The van der Waals surface area contributed by atoms with Gasteiger partial charge >= 0.3 is 0 Å². The summed E-state index contributed by atoms with van der Waals surface area (Å²) in [6.45, 7) is 1.26. The van der Waals surface area contributed by atoms with Crippen LogP contribution in [-0.4, -0.2) is 37.3 Å². The van der Waals surface area contributed by atoms with Gasteiger partial charge in [0.2, 0.25) is 6.79 Å². The van der Waals surface area contributed by atoms with E-state index in [2.05, 4.69) is 0 Å². The predicted octanol–water partition coefficient (Wildman–Crippen LogP) is 3.42. The molecule has 1 fully saturated rings. The van der Waals surface area contributed by atoms with E-state index in [1.54, 1.807) is 29.2 Å². The lowest BCUT2D eigenvalue weighted by Crippen LogP contribution is -2.42. The Hall–Kier alpha value is -2.31. The van der Waals surface area contributed by atoms with Crippen molar-refractivity contribution in [2.45, 2.75) is 6.10 Å². The van der Waals surface area contributed by atoms with Gasteiger partial charge in [-0.2, -0.15) is 0 Å². The van der Waals surface area contributed by atoms with Crippen LogP contribution in [0.3, 0.4) is 0 Å². The molecule has 2 aromatic carbocycles. The second-order valence-electron chi connectivity index (χ2n) is 5.82. The van der Waals surface area contributed by atoms with Gasteiger partial charge in [-0.05, 0) is 24.3 Å². The van der Waals surface area contributed by atoms with Gasteiger partial charge in [-0.25, -0.2) is 4.39 Å². The number of amides is 1. The van der Waals surface area contributed by atoms with E-state index in [9.17, 15) is 9.18 Å². The van der Waals surface area contributed by atoms with Crippen molar-refractivity contribution in [1.82, 2.24) is 4.90 Å². The maximum Gasteiger partial charge on any atom is 0.257 e. The summed E-state index contributed by atoms with van der Waals surface area (Å²) < 4.78 is 29.7. The van der Waals surface area contributed by atoms with Crippen LogP contribution in [0.5, 0.6) is 11.5 Å². The molecule has 0 spiro atoms. The Bertz CT molecular complexity index is 829. The predicted molar refractivity (Wildman–Crippen MR) is 88.6 cm³/mol. The molecule has 25 heavy (non-hydrogen) atoms. The van der Waals surface area contributed by atoms with Gasteiger partial charge in [0, 0.05) is 17.1 Å². The molecule has 1 amide bonds. The Morgan fingerprint density at radius 1 is 1.24 bits per heavy atom. The molecule has 4 rings (SSSR count). The largest absolute Gasteiger partial charge is 0.454 e. The second kappa shape index (κ2) is 6.54. The zero-order chi connectivity index (χ0) is 17.4. The summed E-state index contributed by atoms with van der Waals surface area (Å²) in [5.41, 5.74) is 1.12. The molecule has 130 valence electrons. The molecule has 0 unspecified atom stereocenters. The van der Waals surface area contributed by atoms with E-state index in [-0.39, 0.29) is 17.7 Å². The number of hydrogen-bond donors (Lipinski definition) is 0. The van der Waals surface area contributed by atoms with E-state index in [1.807, 2.05) is 0 Å². The highest BCUT2D eigenvalue weighted by Gasteiger charge is 2.30. The lowest BCUT2D eigenvalue weighted by atomic mass is 10.1. The fourth-order valence-corrected chi connectivity index (χ4v) is 3.34. The SMILES string of the molecule is O=C(c1cccc2c1OCO2)N1CCO[C@@H](c2ccc(F)cc2Cl)C1. The number of morpholine rings is 1. The van der Waals surface area contributed by atoms with Crippen LogP contribution in [0.2, 0.25) is 5.02 Å². The Kier molecular flexibility index (Phi) is 4.23. The number of hydrogen-bond acceptors (Lipinski definition) is 4. The number of nitrogens with zero attached hydrogens (tertiary/aromatic N) is 1. The van der Waals surface area contributed by atoms with Crippen LogP contribution >= 0.6 is 11.6 Å². The van der Waals surface area contributed by atoms with Gasteiger partial charge in [0.05, 0.1) is 18.7 Å². The average molecular weight is 364 g/mol. The second-order valence-corrected chi connectivity index (χ2v) is 6.22. The highest BCUT2D eigenvalue weighted by molar-refractivity contribution is 6.31. The number of para-hydroxylation sites is 1. The van der Waals surface area contributed by atoms with Gasteiger partial charge in [-0.15, -0.1) is 0 Å². The topological polar surface area (TPSA) is 48.0 Å². The van der Waals surface area contributed by atoms with Crippen molar-refractivity contribution < 1.29 is 23.4 Å². The monoisotopic (exact) mass is 363 g/mol. The van der Waals surface area contributed by atoms with Crippen molar-refractivity contribution in [1.29, 1.82) is 0 Å². The van der Waals surface area contributed by atoms with Crippen LogP contribution < -0.4 is 9.47 Å². The minimum absolute atomic E-state index is 0.108. The van der Waals surface area contributed by atoms with Crippen molar-refractivity contribution in [3.05, 3.63) is 58.4 Å². The molecule has 5 nitrogen and oxygen atoms in total. The molecule has 2 aromatic rings. The van der Waals surface area contributed by atoms with E-state index < -0.39 is 11.9 Å². The van der Waals surface area contributed by atoms with Crippen LogP contribution in [-0.2, 0) is 4.74 Å². The number of ether oxygens (including phenoxy) is 3.